The van der Waals surface area contributed by atoms with E-state index in [0.29, 0.717) is 6.04 Å². The Kier molecular flexibility index (Phi) is 4.65. The maximum Gasteiger partial charge on any atom is 0.0639 e. The Morgan fingerprint density at radius 1 is 1.40 bits per heavy atom. The van der Waals surface area contributed by atoms with E-state index >= 15 is 0 Å². The van der Waals surface area contributed by atoms with Crippen LogP contribution in [0.3, 0.4) is 0 Å². The summed E-state index contributed by atoms with van der Waals surface area (Å²) in [6.07, 6.45) is 0.933. The molecular weight excluding hydrogens is 126 g/mol. The van der Waals surface area contributed by atoms with Gasteiger partial charge in [-0.1, -0.05) is 6.92 Å². The molecule has 62 valence electrons. The Labute approximate surface area is 63.8 Å². The Morgan fingerprint density at radius 2 is 1.90 bits per heavy atom. The molecule has 0 heterocycles. The summed E-state index contributed by atoms with van der Waals surface area (Å²) in [7, 11) is 2.04. The van der Waals surface area contributed by atoms with Gasteiger partial charge in [0.05, 0.1) is 6.10 Å². The summed E-state index contributed by atoms with van der Waals surface area (Å²) in [5.74, 6) is 0. The molecule has 0 spiro atoms. The van der Waals surface area contributed by atoms with Crippen LogP contribution in [-0.4, -0.2) is 35.7 Å². The van der Waals surface area contributed by atoms with Crippen LogP contribution in [0.5, 0.6) is 0 Å². The van der Waals surface area contributed by atoms with Gasteiger partial charge >= 0.3 is 0 Å². The fourth-order valence-corrected chi connectivity index (χ4v) is 0.908. The number of rotatable bonds is 4. The normalized spacial score (nSPS) is 17.4. The highest BCUT2D eigenvalue weighted by molar-refractivity contribution is 4.62. The highest BCUT2D eigenvalue weighted by atomic mass is 16.3. The monoisotopic (exact) mass is 145 g/mol. The molecule has 0 amide bonds. The second-order valence-corrected chi connectivity index (χ2v) is 3.05. The van der Waals surface area contributed by atoms with Crippen LogP contribution in [0.1, 0.15) is 27.2 Å². The highest BCUT2D eigenvalue weighted by Crippen LogP contribution is 2.00. The Balaban J connectivity index is 3.50. The minimum Gasteiger partial charge on any atom is -0.392 e. The first kappa shape index (κ1) is 9.92. The van der Waals surface area contributed by atoms with Gasteiger partial charge in [-0.2, -0.15) is 0 Å². The third-order valence-electron chi connectivity index (χ3n) is 1.90. The molecule has 0 aromatic carbocycles. The van der Waals surface area contributed by atoms with Gasteiger partial charge in [-0.3, -0.25) is 0 Å². The van der Waals surface area contributed by atoms with E-state index < -0.39 is 0 Å². The van der Waals surface area contributed by atoms with E-state index in [1.165, 1.54) is 0 Å². The average Bonchev–Trinajstić information content (AvgIpc) is 1.85. The molecule has 0 radical (unpaired) electrons. The number of likely N-dealkylation sites (N-methyl/N-ethyl adjacent to an activating group) is 1. The molecule has 2 atom stereocenters. The third kappa shape index (κ3) is 3.85. The Hall–Kier alpha value is -0.0800. The molecule has 0 aromatic heterocycles. The van der Waals surface area contributed by atoms with Gasteiger partial charge in [0, 0.05) is 12.6 Å². The number of aliphatic hydroxyl groups is 1. The van der Waals surface area contributed by atoms with E-state index in [-0.39, 0.29) is 6.10 Å². The minimum atomic E-state index is -0.209. The van der Waals surface area contributed by atoms with Gasteiger partial charge < -0.3 is 10.0 Å². The van der Waals surface area contributed by atoms with E-state index in [2.05, 4.69) is 18.7 Å². The van der Waals surface area contributed by atoms with Crippen molar-refractivity contribution in [1.82, 2.24) is 4.90 Å². The molecule has 0 aliphatic rings. The minimum absolute atomic E-state index is 0.209. The van der Waals surface area contributed by atoms with Crippen LogP contribution < -0.4 is 0 Å². The quantitative estimate of drug-likeness (QED) is 0.640. The number of hydrogen-bond donors (Lipinski definition) is 1. The van der Waals surface area contributed by atoms with Crippen LogP contribution in [0, 0.1) is 0 Å². The van der Waals surface area contributed by atoms with Crippen molar-refractivity contribution in [3.63, 3.8) is 0 Å². The van der Waals surface area contributed by atoms with Gasteiger partial charge in [0.15, 0.2) is 0 Å². The highest BCUT2D eigenvalue weighted by Gasteiger charge is 2.07. The SMILES string of the molecule is CCC(C)N(C)CC(C)O. The summed E-state index contributed by atoms with van der Waals surface area (Å²) in [5.41, 5.74) is 0. The maximum atomic E-state index is 9.03. The molecule has 0 saturated heterocycles. The first-order chi connectivity index (χ1) is 4.57. The molecule has 2 unspecified atom stereocenters. The summed E-state index contributed by atoms with van der Waals surface area (Å²) in [6.45, 7) is 6.92. The first-order valence-electron chi connectivity index (χ1n) is 3.96. The maximum absolute atomic E-state index is 9.03. The predicted octanol–water partition coefficient (Wildman–Crippen LogP) is 1.10. The molecule has 0 fully saturated rings. The number of aliphatic hydroxyl groups excluding tert-OH is 1. The predicted molar refractivity (Wildman–Crippen MR) is 44.1 cm³/mol. The summed E-state index contributed by atoms with van der Waals surface area (Å²) >= 11 is 0. The molecular formula is C8H19NO. The van der Waals surface area contributed by atoms with Crippen molar-refractivity contribution in [2.75, 3.05) is 13.6 Å². The summed E-state index contributed by atoms with van der Waals surface area (Å²) in [6, 6.07) is 0.578. The summed E-state index contributed by atoms with van der Waals surface area (Å²) in [5, 5.41) is 9.03. The van der Waals surface area contributed by atoms with Crippen LogP contribution in [0.4, 0.5) is 0 Å². The van der Waals surface area contributed by atoms with Gasteiger partial charge in [0.25, 0.3) is 0 Å². The van der Waals surface area contributed by atoms with Crippen molar-refractivity contribution in [3.8, 4) is 0 Å². The summed E-state index contributed by atoms with van der Waals surface area (Å²) in [4.78, 5) is 2.17. The lowest BCUT2D eigenvalue weighted by Crippen LogP contribution is -2.34. The molecule has 0 bridgehead atoms. The zero-order valence-corrected chi connectivity index (χ0v) is 7.46. The topological polar surface area (TPSA) is 23.5 Å². The van der Waals surface area contributed by atoms with Crippen LogP contribution in [0.2, 0.25) is 0 Å². The molecule has 0 aliphatic carbocycles. The fourth-order valence-electron chi connectivity index (χ4n) is 0.908. The van der Waals surface area contributed by atoms with Crippen LogP contribution >= 0.6 is 0 Å². The van der Waals surface area contributed by atoms with Crippen molar-refractivity contribution in [1.29, 1.82) is 0 Å². The second-order valence-electron chi connectivity index (χ2n) is 3.05. The second kappa shape index (κ2) is 4.69. The third-order valence-corrected chi connectivity index (χ3v) is 1.90. The van der Waals surface area contributed by atoms with Crippen LogP contribution in [-0.2, 0) is 0 Å². The summed E-state index contributed by atoms with van der Waals surface area (Å²) < 4.78 is 0. The Bertz CT molecular complexity index is 83.3. The molecule has 0 aliphatic heterocycles. The van der Waals surface area contributed by atoms with E-state index in [4.69, 9.17) is 5.11 Å². The number of nitrogens with zero attached hydrogens (tertiary/aromatic N) is 1. The molecule has 1 N–H and O–H groups in total. The van der Waals surface area contributed by atoms with Crippen molar-refractivity contribution >= 4 is 0 Å². The first-order valence-corrected chi connectivity index (χ1v) is 3.96. The van der Waals surface area contributed by atoms with Gasteiger partial charge in [-0.05, 0) is 27.3 Å². The molecule has 10 heavy (non-hydrogen) atoms. The van der Waals surface area contributed by atoms with E-state index in [1.54, 1.807) is 0 Å². The number of hydrogen-bond acceptors (Lipinski definition) is 2. The zero-order chi connectivity index (χ0) is 8.15. The van der Waals surface area contributed by atoms with Crippen LogP contribution in [0.15, 0.2) is 0 Å². The molecule has 0 saturated carbocycles. The van der Waals surface area contributed by atoms with Gasteiger partial charge in [-0.25, -0.2) is 0 Å². The fraction of sp³-hybridized carbons (Fsp3) is 1.00. The largest absolute Gasteiger partial charge is 0.392 e. The molecule has 2 nitrogen and oxygen atoms in total. The van der Waals surface area contributed by atoms with Crippen molar-refractivity contribution in [3.05, 3.63) is 0 Å². The van der Waals surface area contributed by atoms with Crippen molar-refractivity contribution < 1.29 is 5.11 Å². The van der Waals surface area contributed by atoms with Crippen molar-refractivity contribution in [2.45, 2.75) is 39.3 Å². The van der Waals surface area contributed by atoms with E-state index in [9.17, 15) is 0 Å². The van der Waals surface area contributed by atoms with E-state index in [0.717, 1.165) is 13.0 Å². The van der Waals surface area contributed by atoms with Gasteiger partial charge in [0.1, 0.15) is 0 Å². The van der Waals surface area contributed by atoms with Gasteiger partial charge in [-0.15, -0.1) is 0 Å². The average molecular weight is 145 g/mol. The zero-order valence-electron chi connectivity index (χ0n) is 7.46. The molecule has 0 rings (SSSR count). The van der Waals surface area contributed by atoms with Gasteiger partial charge in [0.2, 0.25) is 0 Å². The van der Waals surface area contributed by atoms with E-state index in [1.807, 2.05) is 14.0 Å². The standard InChI is InChI=1S/C8H19NO/c1-5-7(2)9(4)6-8(3)10/h7-8,10H,5-6H2,1-4H3. The van der Waals surface area contributed by atoms with Crippen molar-refractivity contribution in [2.24, 2.45) is 0 Å². The lowest BCUT2D eigenvalue weighted by atomic mass is 10.2. The molecule has 2 heteroatoms. The lowest BCUT2D eigenvalue weighted by molar-refractivity contribution is 0.120. The van der Waals surface area contributed by atoms with Crippen LogP contribution in [0.25, 0.3) is 0 Å². The smallest absolute Gasteiger partial charge is 0.0639 e. The molecule has 0 aromatic rings. The Morgan fingerprint density at radius 3 is 2.20 bits per heavy atom. The lowest BCUT2D eigenvalue weighted by Gasteiger charge is -2.24.